The van der Waals surface area contributed by atoms with Crippen LogP contribution in [0.3, 0.4) is 0 Å². The van der Waals surface area contributed by atoms with Gasteiger partial charge >= 0.3 is 0 Å². The third-order valence-electron chi connectivity index (χ3n) is 5.79. The van der Waals surface area contributed by atoms with E-state index in [1.54, 1.807) is 0 Å². The highest BCUT2D eigenvalue weighted by Crippen LogP contribution is 2.36. The molecular formula is C20H24N6. The molecule has 0 aliphatic carbocycles. The van der Waals surface area contributed by atoms with Gasteiger partial charge in [0.2, 0.25) is 0 Å². The summed E-state index contributed by atoms with van der Waals surface area (Å²) in [6, 6.07) is 10.8. The van der Waals surface area contributed by atoms with E-state index in [4.69, 9.17) is 4.98 Å². The highest BCUT2D eigenvalue weighted by atomic mass is 15.3. The molecule has 2 saturated heterocycles. The van der Waals surface area contributed by atoms with E-state index in [1.165, 1.54) is 18.7 Å². The molecule has 0 N–H and O–H groups in total. The maximum atomic E-state index is 4.76. The minimum Gasteiger partial charge on any atom is -0.355 e. The Bertz CT molecular complexity index is 920. The van der Waals surface area contributed by atoms with E-state index in [0.29, 0.717) is 0 Å². The maximum Gasteiger partial charge on any atom is 0.163 e. The number of benzene rings is 1. The van der Waals surface area contributed by atoms with Crippen molar-refractivity contribution in [2.75, 3.05) is 31.1 Å². The molecule has 134 valence electrons. The molecule has 2 unspecified atom stereocenters. The molecule has 6 nitrogen and oxygen atoms in total. The average molecular weight is 348 g/mol. The van der Waals surface area contributed by atoms with Crippen molar-refractivity contribution in [2.45, 2.75) is 13.5 Å². The summed E-state index contributed by atoms with van der Waals surface area (Å²) in [6.07, 6.45) is 1.90. The average Bonchev–Trinajstić information content (AvgIpc) is 3.29. The summed E-state index contributed by atoms with van der Waals surface area (Å²) >= 11 is 0. The van der Waals surface area contributed by atoms with E-state index in [-0.39, 0.29) is 0 Å². The first-order valence-corrected chi connectivity index (χ1v) is 9.35. The summed E-state index contributed by atoms with van der Waals surface area (Å²) < 4.78 is 1.84. The number of likely N-dealkylation sites (tertiary alicyclic amines) is 1. The molecule has 5 rings (SSSR count). The van der Waals surface area contributed by atoms with Crippen LogP contribution in [0.25, 0.3) is 11.0 Å². The Hall–Kier alpha value is -2.47. The lowest BCUT2D eigenvalue weighted by Gasteiger charge is -2.23. The van der Waals surface area contributed by atoms with Crippen molar-refractivity contribution in [3.05, 3.63) is 47.9 Å². The van der Waals surface area contributed by atoms with Crippen LogP contribution in [0.1, 0.15) is 11.4 Å². The molecule has 0 amide bonds. The van der Waals surface area contributed by atoms with Crippen molar-refractivity contribution in [3.63, 3.8) is 0 Å². The second-order valence-corrected chi connectivity index (χ2v) is 7.70. The lowest BCUT2D eigenvalue weighted by molar-refractivity contribution is 0.309. The van der Waals surface area contributed by atoms with Crippen molar-refractivity contribution in [1.29, 1.82) is 0 Å². The van der Waals surface area contributed by atoms with E-state index in [1.807, 2.05) is 24.9 Å². The van der Waals surface area contributed by atoms with Crippen LogP contribution in [0.4, 0.5) is 5.82 Å². The fourth-order valence-electron chi connectivity index (χ4n) is 4.59. The second kappa shape index (κ2) is 6.06. The van der Waals surface area contributed by atoms with E-state index in [0.717, 1.165) is 54.1 Å². The molecule has 1 aromatic carbocycles. The maximum absolute atomic E-state index is 4.76. The molecule has 4 heterocycles. The molecule has 3 aromatic rings. The number of aromatic nitrogens is 4. The zero-order valence-electron chi connectivity index (χ0n) is 15.3. The monoisotopic (exact) mass is 348 g/mol. The first-order valence-electron chi connectivity index (χ1n) is 9.35. The quantitative estimate of drug-likeness (QED) is 0.727. The predicted molar refractivity (Wildman–Crippen MR) is 102 cm³/mol. The van der Waals surface area contributed by atoms with Crippen LogP contribution in [0, 0.1) is 18.8 Å². The number of hydrogen-bond acceptors (Lipinski definition) is 5. The number of hydrogen-bond donors (Lipinski definition) is 0. The third kappa shape index (κ3) is 2.65. The third-order valence-corrected chi connectivity index (χ3v) is 5.79. The van der Waals surface area contributed by atoms with Gasteiger partial charge in [-0.2, -0.15) is 5.10 Å². The lowest BCUT2D eigenvalue weighted by atomic mass is 10.0. The Morgan fingerprint density at radius 2 is 1.73 bits per heavy atom. The molecule has 0 radical (unpaired) electrons. The minimum atomic E-state index is 0.723. The van der Waals surface area contributed by atoms with Crippen molar-refractivity contribution < 1.29 is 0 Å². The van der Waals surface area contributed by atoms with E-state index < -0.39 is 0 Å². The molecule has 2 fully saturated rings. The molecule has 6 heteroatoms. The Balaban J connectivity index is 1.33. The fourth-order valence-corrected chi connectivity index (χ4v) is 4.59. The molecular weight excluding hydrogens is 324 g/mol. The number of fused-ring (bicyclic) bond motifs is 2. The van der Waals surface area contributed by atoms with Gasteiger partial charge in [0.15, 0.2) is 5.65 Å². The number of nitrogens with zero attached hydrogens (tertiary/aromatic N) is 6. The van der Waals surface area contributed by atoms with E-state index >= 15 is 0 Å². The van der Waals surface area contributed by atoms with Gasteiger partial charge in [-0.25, -0.2) is 9.97 Å². The Morgan fingerprint density at radius 3 is 2.46 bits per heavy atom. The van der Waals surface area contributed by atoms with Crippen molar-refractivity contribution in [1.82, 2.24) is 24.6 Å². The number of rotatable bonds is 3. The summed E-state index contributed by atoms with van der Waals surface area (Å²) in [5.74, 6) is 3.32. The van der Waals surface area contributed by atoms with Crippen LogP contribution >= 0.6 is 0 Å². The van der Waals surface area contributed by atoms with E-state index in [2.05, 4.69) is 50.2 Å². The van der Waals surface area contributed by atoms with Crippen LogP contribution in [-0.2, 0) is 13.6 Å². The zero-order valence-corrected chi connectivity index (χ0v) is 15.3. The van der Waals surface area contributed by atoms with Crippen LogP contribution in [-0.4, -0.2) is 50.8 Å². The van der Waals surface area contributed by atoms with Gasteiger partial charge in [0.05, 0.1) is 11.6 Å². The van der Waals surface area contributed by atoms with Crippen LogP contribution in [0.15, 0.2) is 36.5 Å². The molecule has 2 aliphatic rings. The van der Waals surface area contributed by atoms with Crippen LogP contribution in [0.2, 0.25) is 0 Å². The zero-order chi connectivity index (χ0) is 17.7. The Labute approximate surface area is 153 Å². The number of aryl methyl sites for hydroxylation is 2. The van der Waals surface area contributed by atoms with Gasteiger partial charge in [0.1, 0.15) is 11.6 Å². The van der Waals surface area contributed by atoms with Gasteiger partial charge in [-0.15, -0.1) is 0 Å². The summed E-state index contributed by atoms with van der Waals surface area (Å²) in [4.78, 5) is 14.4. The minimum absolute atomic E-state index is 0.723. The smallest absolute Gasteiger partial charge is 0.163 e. The normalized spacial score (nSPS) is 23.1. The highest BCUT2D eigenvalue weighted by molar-refractivity contribution is 5.87. The molecule has 26 heavy (non-hydrogen) atoms. The van der Waals surface area contributed by atoms with Gasteiger partial charge in [-0.3, -0.25) is 9.58 Å². The van der Waals surface area contributed by atoms with Gasteiger partial charge < -0.3 is 4.90 Å². The van der Waals surface area contributed by atoms with Gasteiger partial charge in [0.25, 0.3) is 0 Å². The molecule has 2 aliphatic heterocycles. The van der Waals surface area contributed by atoms with Crippen molar-refractivity contribution in [3.8, 4) is 0 Å². The van der Waals surface area contributed by atoms with E-state index in [9.17, 15) is 0 Å². The molecule has 0 spiro atoms. The molecule has 2 atom stereocenters. The number of anilines is 1. The Morgan fingerprint density at radius 1 is 1.00 bits per heavy atom. The van der Waals surface area contributed by atoms with Crippen molar-refractivity contribution >= 4 is 16.9 Å². The molecule has 0 saturated carbocycles. The standard InChI is InChI=1S/C20H24N6/c1-14-22-19-18(8-21-24(19)2)20(23-14)26-12-16-10-25(11-17(16)13-26)9-15-6-4-3-5-7-15/h3-8,16-17H,9-13H2,1-2H3. The summed E-state index contributed by atoms with van der Waals surface area (Å²) in [5, 5.41) is 5.45. The first-order chi connectivity index (χ1) is 12.7. The van der Waals surface area contributed by atoms with Crippen molar-refractivity contribution in [2.24, 2.45) is 18.9 Å². The van der Waals surface area contributed by atoms with Gasteiger partial charge in [-0.05, 0) is 24.3 Å². The van der Waals surface area contributed by atoms with Crippen LogP contribution in [0.5, 0.6) is 0 Å². The first kappa shape index (κ1) is 15.8. The molecule has 2 aromatic heterocycles. The SMILES string of the molecule is Cc1nc(N2CC3CN(Cc4ccccc4)CC3C2)c2cnn(C)c2n1. The summed E-state index contributed by atoms with van der Waals surface area (Å²) in [7, 11) is 1.94. The predicted octanol–water partition coefficient (Wildman–Crippen LogP) is 2.24. The summed E-state index contributed by atoms with van der Waals surface area (Å²) in [6.45, 7) is 7.54. The van der Waals surface area contributed by atoms with Gasteiger partial charge in [0, 0.05) is 39.8 Å². The topological polar surface area (TPSA) is 50.1 Å². The van der Waals surface area contributed by atoms with Gasteiger partial charge in [-0.1, -0.05) is 30.3 Å². The summed E-state index contributed by atoms with van der Waals surface area (Å²) in [5.41, 5.74) is 2.34. The fraction of sp³-hybridized carbons (Fsp3) is 0.450. The lowest BCUT2D eigenvalue weighted by Crippen LogP contribution is -2.29. The largest absolute Gasteiger partial charge is 0.355 e. The second-order valence-electron chi connectivity index (χ2n) is 7.70. The molecule has 0 bridgehead atoms. The van der Waals surface area contributed by atoms with Crippen LogP contribution < -0.4 is 4.90 Å². The highest BCUT2D eigenvalue weighted by Gasteiger charge is 2.40. The Kier molecular flexibility index (Phi) is 3.67.